The second-order valence-corrected chi connectivity index (χ2v) is 13.8. The molecular formula is C39H55N3O3. The fourth-order valence-corrected chi connectivity index (χ4v) is 6.88. The van der Waals surface area contributed by atoms with Crippen LogP contribution in [0.3, 0.4) is 0 Å². The number of benzene rings is 1. The molecule has 1 aliphatic heterocycles. The third kappa shape index (κ3) is 8.95. The Kier molecular flexibility index (Phi) is 12.2. The van der Waals surface area contributed by atoms with E-state index in [0.29, 0.717) is 13.0 Å². The summed E-state index contributed by atoms with van der Waals surface area (Å²) in [4.78, 5) is 17.2. The van der Waals surface area contributed by atoms with E-state index in [-0.39, 0.29) is 41.5 Å². The van der Waals surface area contributed by atoms with Crippen LogP contribution in [-0.2, 0) is 9.53 Å². The Morgan fingerprint density at radius 1 is 1.18 bits per heavy atom. The lowest BCUT2D eigenvalue weighted by Gasteiger charge is -2.34. The van der Waals surface area contributed by atoms with E-state index in [2.05, 4.69) is 81.3 Å². The Morgan fingerprint density at radius 2 is 1.93 bits per heavy atom. The van der Waals surface area contributed by atoms with Gasteiger partial charge in [-0.3, -0.25) is 10.3 Å². The van der Waals surface area contributed by atoms with Gasteiger partial charge in [-0.25, -0.2) is 0 Å². The third-order valence-corrected chi connectivity index (χ3v) is 9.59. The van der Waals surface area contributed by atoms with E-state index in [1.807, 2.05) is 25.3 Å². The van der Waals surface area contributed by atoms with Gasteiger partial charge in [0.15, 0.2) is 0 Å². The van der Waals surface area contributed by atoms with Gasteiger partial charge in [0.25, 0.3) is 0 Å². The quantitative estimate of drug-likeness (QED) is 0.127. The highest BCUT2D eigenvalue weighted by molar-refractivity contribution is 5.56. The molecule has 0 radical (unpaired) electrons. The molecule has 1 aromatic carbocycles. The van der Waals surface area contributed by atoms with Crippen LogP contribution >= 0.6 is 0 Å². The summed E-state index contributed by atoms with van der Waals surface area (Å²) in [7, 11) is 3.49. The largest absolute Gasteiger partial charge is 0.497 e. The summed E-state index contributed by atoms with van der Waals surface area (Å²) in [6, 6.07) is 8.69. The van der Waals surface area contributed by atoms with Gasteiger partial charge in [0.1, 0.15) is 12.0 Å². The molecule has 45 heavy (non-hydrogen) atoms. The monoisotopic (exact) mass is 613 g/mol. The van der Waals surface area contributed by atoms with Crippen LogP contribution in [-0.4, -0.2) is 51.5 Å². The van der Waals surface area contributed by atoms with Crippen molar-refractivity contribution in [2.45, 2.75) is 97.4 Å². The zero-order valence-corrected chi connectivity index (χ0v) is 28.6. The SMILES string of the molecule is C=C(CC1=CCCC(NCC(C=O)CC2=C[C@H](C(C)(C)C)NC2c2ccc(OC)cc2)=C1)C1CC(OC)C(CC)=C[C@@H]1N=CC. The number of nitrogens with zero attached hydrogens (tertiary/aromatic N) is 1. The Hall–Kier alpha value is -3.22. The van der Waals surface area contributed by atoms with E-state index < -0.39 is 0 Å². The van der Waals surface area contributed by atoms with Crippen molar-refractivity contribution in [2.75, 3.05) is 20.8 Å². The van der Waals surface area contributed by atoms with Crippen LogP contribution in [0.4, 0.5) is 0 Å². The molecule has 0 saturated heterocycles. The first-order chi connectivity index (χ1) is 21.6. The van der Waals surface area contributed by atoms with Crippen LogP contribution in [0.5, 0.6) is 5.75 Å². The van der Waals surface area contributed by atoms with Crippen LogP contribution in [0, 0.1) is 17.3 Å². The fourth-order valence-electron chi connectivity index (χ4n) is 6.88. The molecule has 0 amide bonds. The third-order valence-electron chi connectivity index (χ3n) is 9.59. The molecule has 2 aliphatic carbocycles. The summed E-state index contributed by atoms with van der Waals surface area (Å²) < 4.78 is 11.2. The van der Waals surface area contributed by atoms with Crippen molar-refractivity contribution < 1.29 is 14.3 Å². The summed E-state index contributed by atoms with van der Waals surface area (Å²) in [5.74, 6) is 0.970. The molecule has 3 aliphatic rings. The summed E-state index contributed by atoms with van der Waals surface area (Å²) in [6.45, 7) is 16.1. The molecule has 244 valence electrons. The molecule has 0 fully saturated rings. The van der Waals surface area contributed by atoms with Crippen molar-refractivity contribution in [3.05, 3.63) is 88.7 Å². The van der Waals surface area contributed by atoms with Crippen LogP contribution in [0.2, 0.25) is 0 Å². The number of carbonyl (C=O) groups is 1. The predicted octanol–water partition coefficient (Wildman–Crippen LogP) is 7.86. The Balaban J connectivity index is 1.40. The number of nitrogens with one attached hydrogen (secondary N) is 2. The maximum Gasteiger partial charge on any atom is 0.125 e. The number of rotatable bonds is 14. The summed E-state index contributed by atoms with van der Waals surface area (Å²) in [5.41, 5.74) is 7.55. The predicted molar refractivity (Wildman–Crippen MR) is 187 cm³/mol. The number of ether oxygens (including phenoxy) is 2. The standard InChI is InChI=1S/C39H55N3O3/c1-9-29-21-35(40-10-2)34(23-36(29)45-8)26(3)18-27-12-11-13-32(20-27)41-24-28(25-43)19-31-22-37(39(4,5)6)42-38(31)30-14-16-33(44-7)17-15-30/h10,12,14-17,20-22,25,28,34-38,41-42H,3,9,11,13,18-19,23-24H2,1-2,4-8H3/t28?,34?,35-,36?,37+,38?/m0/s1. The van der Waals surface area contributed by atoms with E-state index >= 15 is 0 Å². The highest BCUT2D eigenvalue weighted by Crippen LogP contribution is 2.39. The normalized spacial score (nSPS) is 26.1. The highest BCUT2D eigenvalue weighted by atomic mass is 16.5. The van der Waals surface area contributed by atoms with E-state index in [4.69, 9.17) is 14.5 Å². The zero-order chi connectivity index (χ0) is 32.6. The first kappa shape index (κ1) is 34.6. The van der Waals surface area contributed by atoms with Crippen molar-refractivity contribution >= 4 is 12.5 Å². The van der Waals surface area contributed by atoms with Gasteiger partial charge in [0, 0.05) is 37.2 Å². The number of methoxy groups -OCH3 is 2. The van der Waals surface area contributed by atoms with Crippen LogP contribution < -0.4 is 15.4 Å². The Morgan fingerprint density at radius 3 is 2.56 bits per heavy atom. The second-order valence-electron chi connectivity index (χ2n) is 13.8. The lowest BCUT2D eigenvalue weighted by atomic mass is 9.77. The summed E-state index contributed by atoms with van der Waals surface area (Å²) >= 11 is 0. The summed E-state index contributed by atoms with van der Waals surface area (Å²) in [6.07, 6.45) is 17.8. The molecule has 1 heterocycles. The van der Waals surface area contributed by atoms with Gasteiger partial charge in [0.2, 0.25) is 0 Å². The van der Waals surface area contributed by atoms with Crippen molar-refractivity contribution in [1.82, 2.24) is 10.6 Å². The minimum Gasteiger partial charge on any atom is -0.497 e. The van der Waals surface area contributed by atoms with Gasteiger partial charge in [0.05, 0.1) is 25.3 Å². The number of carbonyl (C=O) groups excluding carboxylic acids is 1. The number of hydrogen-bond donors (Lipinski definition) is 2. The topological polar surface area (TPSA) is 72.0 Å². The van der Waals surface area contributed by atoms with Gasteiger partial charge >= 0.3 is 0 Å². The van der Waals surface area contributed by atoms with Gasteiger partial charge < -0.3 is 19.6 Å². The molecule has 0 spiro atoms. The smallest absolute Gasteiger partial charge is 0.125 e. The molecule has 6 heteroatoms. The minimum atomic E-state index is -0.122. The van der Waals surface area contributed by atoms with E-state index in [1.165, 1.54) is 33.6 Å². The zero-order valence-electron chi connectivity index (χ0n) is 28.6. The summed E-state index contributed by atoms with van der Waals surface area (Å²) in [5, 5.41) is 7.47. The molecule has 0 bridgehead atoms. The van der Waals surface area contributed by atoms with Crippen molar-refractivity contribution in [3.63, 3.8) is 0 Å². The van der Waals surface area contributed by atoms with Crippen molar-refractivity contribution in [1.29, 1.82) is 0 Å². The van der Waals surface area contributed by atoms with Crippen molar-refractivity contribution in [3.8, 4) is 5.75 Å². The van der Waals surface area contributed by atoms with Gasteiger partial charge in [-0.1, -0.05) is 75.8 Å². The first-order valence-corrected chi connectivity index (χ1v) is 16.7. The maximum absolute atomic E-state index is 12.4. The number of hydrogen-bond acceptors (Lipinski definition) is 6. The van der Waals surface area contributed by atoms with Crippen LogP contribution in [0.15, 0.2) is 88.1 Å². The molecule has 0 saturated carbocycles. The molecule has 4 rings (SSSR count). The lowest BCUT2D eigenvalue weighted by molar-refractivity contribution is -0.110. The number of aliphatic imine (C=N–C) groups is 1. The van der Waals surface area contributed by atoms with E-state index in [0.717, 1.165) is 44.1 Å². The average Bonchev–Trinajstić information content (AvgIpc) is 3.47. The molecule has 4 unspecified atom stereocenters. The number of allylic oxidation sites excluding steroid dienone is 4. The first-order valence-electron chi connectivity index (χ1n) is 16.7. The van der Waals surface area contributed by atoms with E-state index in [9.17, 15) is 4.79 Å². The highest BCUT2D eigenvalue weighted by Gasteiger charge is 2.35. The van der Waals surface area contributed by atoms with Gasteiger partial charge in [-0.05, 0) is 92.0 Å². The molecule has 6 nitrogen and oxygen atoms in total. The molecular weight excluding hydrogens is 558 g/mol. The maximum atomic E-state index is 12.4. The molecule has 1 aromatic rings. The van der Waals surface area contributed by atoms with Gasteiger partial charge in [-0.15, -0.1) is 0 Å². The second kappa shape index (κ2) is 15.9. The number of aldehydes is 1. The molecule has 6 atom stereocenters. The van der Waals surface area contributed by atoms with Crippen LogP contribution in [0.1, 0.15) is 84.7 Å². The minimum absolute atomic E-state index is 0.0701. The lowest BCUT2D eigenvalue weighted by Crippen LogP contribution is -2.36. The van der Waals surface area contributed by atoms with Crippen LogP contribution in [0.25, 0.3) is 0 Å². The van der Waals surface area contributed by atoms with E-state index in [1.54, 1.807) is 14.2 Å². The Bertz CT molecular complexity index is 1330. The fraction of sp³-hybridized carbons (Fsp3) is 0.538. The Labute approximate surface area is 271 Å². The molecule has 2 N–H and O–H groups in total. The van der Waals surface area contributed by atoms with Gasteiger partial charge in [-0.2, -0.15) is 0 Å². The molecule has 0 aromatic heterocycles. The average molecular weight is 614 g/mol. The van der Waals surface area contributed by atoms with Crippen molar-refractivity contribution in [2.24, 2.45) is 22.2 Å².